The molecule has 0 N–H and O–H groups in total. The molecule has 3 rings (SSSR count). The SMILES string of the molecule is CN1CCC(Oc2c(O[C@H]3CCOC3)ccc(Br)c2C#N)C(F)(F)C1. The summed E-state index contributed by atoms with van der Waals surface area (Å²) >= 11 is 3.28. The molecule has 8 heteroatoms. The zero-order valence-electron chi connectivity index (χ0n) is 13.8. The van der Waals surface area contributed by atoms with E-state index in [9.17, 15) is 14.0 Å². The Morgan fingerprint density at radius 3 is 2.80 bits per heavy atom. The summed E-state index contributed by atoms with van der Waals surface area (Å²) in [4.78, 5) is 1.57. The average molecular weight is 417 g/mol. The summed E-state index contributed by atoms with van der Waals surface area (Å²) in [5, 5.41) is 9.45. The lowest BCUT2D eigenvalue weighted by Crippen LogP contribution is -2.52. The van der Waals surface area contributed by atoms with Gasteiger partial charge in [-0.25, -0.2) is 8.78 Å². The molecule has 0 amide bonds. The summed E-state index contributed by atoms with van der Waals surface area (Å²) in [6.45, 7) is 1.15. The van der Waals surface area contributed by atoms with Crippen LogP contribution in [0.1, 0.15) is 18.4 Å². The van der Waals surface area contributed by atoms with Crippen LogP contribution in [0.3, 0.4) is 0 Å². The Hall–Kier alpha value is -1.43. The van der Waals surface area contributed by atoms with E-state index in [1.807, 2.05) is 6.07 Å². The molecule has 2 atom stereocenters. The highest BCUT2D eigenvalue weighted by Crippen LogP contribution is 2.40. The van der Waals surface area contributed by atoms with Gasteiger partial charge in [-0.1, -0.05) is 0 Å². The number of hydrogen-bond acceptors (Lipinski definition) is 5. The lowest BCUT2D eigenvalue weighted by atomic mass is 10.0. The highest BCUT2D eigenvalue weighted by molar-refractivity contribution is 9.10. The maximum Gasteiger partial charge on any atom is 0.296 e. The van der Waals surface area contributed by atoms with E-state index >= 15 is 0 Å². The highest BCUT2D eigenvalue weighted by Gasteiger charge is 2.46. The van der Waals surface area contributed by atoms with Crippen LogP contribution in [-0.2, 0) is 4.74 Å². The molecule has 1 aromatic carbocycles. The first-order chi connectivity index (χ1) is 11.9. The van der Waals surface area contributed by atoms with Gasteiger partial charge in [0.2, 0.25) is 0 Å². The molecule has 136 valence electrons. The van der Waals surface area contributed by atoms with Crippen molar-refractivity contribution in [3.63, 3.8) is 0 Å². The van der Waals surface area contributed by atoms with Gasteiger partial charge in [-0.3, -0.25) is 0 Å². The average Bonchev–Trinajstić information content (AvgIpc) is 3.05. The Kier molecular flexibility index (Phi) is 5.46. The van der Waals surface area contributed by atoms with Gasteiger partial charge in [-0.2, -0.15) is 5.26 Å². The zero-order chi connectivity index (χ0) is 18.0. The number of piperidine rings is 1. The van der Waals surface area contributed by atoms with Gasteiger partial charge >= 0.3 is 0 Å². The first kappa shape index (κ1) is 18.4. The van der Waals surface area contributed by atoms with Crippen LogP contribution >= 0.6 is 15.9 Å². The lowest BCUT2D eigenvalue weighted by Gasteiger charge is -2.36. The third-order valence-electron chi connectivity index (χ3n) is 4.35. The van der Waals surface area contributed by atoms with Crippen molar-refractivity contribution in [3.8, 4) is 17.6 Å². The molecule has 0 saturated carbocycles. The molecule has 0 spiro atoms. The van der Waals surface area contributed by atoms with E-state index in [2.05, 4.69) is 15.9 Å². The third-order valence-corrected chi connectivity index (χ3v) is 5.01. The second-order valence-corrected chi connectivity index (χ2v) is 7.21. The summed E-state index contributed by atoms with van der Waals surface area (Å²) in [6.07, 6.45) is -0.588. The number of alkyl halides is 2. The number of halogens is 3. The van der Waals surface area contributed by atoms with E-state index in [4.69, 9.17) is 14.2 Å². The minimum Gasteiger partial charge on any atom is -0.484 e. The smallest absolute Gasteiger partial charge is 0.296 e. The minimum atomic E-state index is -3.00. The molecule has 1 aromatic rings. The number of ether oxygens (including phenoxy) is 3. The van der Waals surface area contributed by atoms with E-state index in [0.717, 1.165) is 0 Å². The topological polar surface area (TPSA) is 54.7 Å². The molecule has 2 aliphatic heterocycles. The third kappa shape index (κ3) is 4.05. The maximum atomic E-state index is 14.4. The molecule has 2 saturated heterocycles. The zero-order valence-corrected chi connectivity index (χ0v) is 15.4. The Balaban J connectivity index is 1.90. The molecule has 0 radical (unpaired) electrons. The second-order valence-electron chi connectivity index (χ2n) is 6.36. The van der Waals surface area contributed by atoms with Crippen molar-refractivity contribution >= 4 is 15.9 Å². The van der Waals surface area contributed by atoms with Crippen LogP contribution in [0.4, 0.5) is 8.78 Å². The van der Waals surface area contributed by atoms with Crippen molar-refractivity contribution < 1.29 is 23.0 Å². The Morgan fingerprint density at radius 1 is 1.36 bits per heavy atom. The first-order valence-corrected chi connectivity index (χ1v) is 8.90. The van der Waals surface area contributed by atoms with Crippen molar-refractivity contribution in [3.05, 3.63) is 22.2 Å². The van der Waals surface area contributed by atoms with E-state index in [-0.39, 0.29) is 30.4 Å². The monoisotopic (exact) mass is 416 g/mol. The molecular weight excluding hydrogens is 398 g/mol. The molecule has 0 bridgehead atoms. The number of nitriles is 1. The van der Waals surface area contributed by atoms with Crippen LogP contribution in [0.5, 0.6) is 11.5 Å². The van der Waals surface area contributed by atoms with Gasteiger partial charge < -0.3 is 19.1 Å². The predicted molar refractivity (Wildman–Crippen MR) is 90.2 cm³/mol. The second kappa shape index (κ2) is 7.44. The van der Waals surface area contributed by atoms with Crippen molar-refractivity contribution in [1.29, 1.82) is 5.26 Å². The first-order valence-electron chi connectivity index (χ1n) is 8.10. The summed E-state index contributed by atoms with van der Waals surface area (Å²) < 4.78 is 46.0. The molecule has 1 unspecified atom stereocenters. The summed E-state index contributed by atoms with van der Waals surface area (Å²) in [5.41, 5.74) is 0.158. The van der Waals surface area contributed by atoms with Gasteiger partial charge in [0.25, 0.3) is 5.92 Å². The number of rotatable bonds is 4. The van der Waals surface area contributed by atoms with Crippen LogP contribution in [-0.4, -0.2) is 56.4 Å². The van der Waals surface area contributed by atoms with Gasteiger partial charge in [-0.05, 0) is 35.1 Å². The molecule has 0 aliphatic carbocycles. The summed E-state index contributed by atoms with van der Waals surface area (Å²) in [7, 11) is 1.65. The quantitative estimate of drug-likeness (QED) is 0.754. The molecule has 2 heterocycles. The van der Waals surface area contributed by atoms with Crippen LogP contribution < -0.4 is 9.47 Å². The van der Waals surface area contributed by atoms with Gasteiger partial charge in [-0.15, -0.1) is 0 Å². The standard InChI is InChI=1S/C17H19BrF2N2O3/c1-22-6-4-15(17(19,20)10-22)25-16-12(8-21)13(18)2-3-14(16)24-11-5-7-23-9-11/h2-3,11,15H,4-7,9-10H2,1H3/t11-,15?/m0/s1. The van der Waals surface area contributed by atoms with E-state index < -0.39 is 12.0 Å². The van der Waals surface area contributed by atoms with Crippen LogP contribution in [0.2, 0.25) is 0 Å². The molecule has 0 aromatic heterocycles. The molecular formula is C17H19BrF2N2O3. The Bertz CT molecular complexity index is 675. The van der Waals surface area contributed by atoms with E-state index in [0.29, 0.717) is 36.4 Å². The van der Waals surface area contributed by atoms with E-state index in [1.54, 1.807) is 24.1 Å². The molecule has 2 fully saturated rings. The minimum absolute atomic E-state index is 0.0676. The summed E-state index contributed by atoms with van der Waals surface area (Å²) in [6, 6.07) is 5.30. The van der Waals surface area contributed by atoms with Gasteiger partial charge in [0, 0.05) is 23.9 Å². The van der Waals surface area contributed by atoms with Crippen molar-refractivity contribution in [1.82, 2.24) is 4.90 Å². The van der Waals surface area contributed by atoms with Crippen LogP contribution in [0.15, 0.2) is 16.6 Å². The number of benzene rings is 1. The number of hydrogen-bond donors (Lipinski definition) is 0. The Morgan fingerprint density at radius 2 is 2.16 bits per heavy atom. The fraction of sp³-hybridized carbons (Fsp3) is 0.588. The lowest BCUT2D eigenvalue weighted by molar-refractivity contribution is -0.135. The molecule has 2 aliphatic rings. The maximum absolute atomic E-state index is 14.4. The fourth-order valence-electron chi connectivity index (χ4n) is 3.02. The van der Waals surface area contributed by atoms with E-state index in [1.165, 1.54) is 0 Å². The normalized spacial score (nSPS) is 26.2. The summed E-state index contributed by atoms with van der Waals surface area (Å²) in [5.74, 6) is -2.64. The largest absolute Gasteiger partial charge is 0.484 e. The van der Waals surface area contributed by atoms with Gasteiger partial charge in [0.05, 0.1) is 19.8 Å². The van der Waals surface area contributed by atoms with Gasteiger partial charge in [0.1, 0.15) is 17.7 Å². The predicted octanol–water partition coefficient (Wildman–Crippen LogP) is 3.21. The number of nitrogens with zero attached hydrogens (tertiary/aromatic N) is 2. The Labute approximate surface area is 153 Å². The van der Waals surface area contributed by atoms with Crippen LogP contribution in [0.25, 0.3) is 0 Å². The van der Waals surface area contributed by atoms with Gasteiger partial charge in [0.15, 0.2) is 17.6 Å². The van der Waals surface area contributed by atoms with Crippen molar-refractivity contribution in [2.24, 2.45) is 0 Å². The fourth-order valence-corrected chi connectivity index (χ4v) is 3.42. The van der Waals surface area contributed by atoms with Crippen LogP contribution in [0, 0.1) is 11.3 Å². The molecule has 5 nitrogen and oxygen atoms in total. The number of likely N-dealkylation sites (tertiary alicyclic amines) is 1. The highest BCUT2D eigenvalue weighted by atomic mass is 79.9. The van der Waals surface area contributed by atoms with Crippen molar-refractivity contribution in [2.45, 2.75) is 31.0 Å². The molecule has 25 heavy (non-hydrogen) atoms. The van der Waals surface area contributed by atoms with Crippen molar-refractivity contribution in [2.75, 3.05) is 33.4 Å².